The molecule has 3 rings (SSSR count). The number of aromatic nitrogens is 2. The number of rotatable bonds is 8. The van der Waals surface area contributed by atoms with Gasteiger partial charge >= 0.3 is 0 Å². The Morgan fingerprint density at radius 3 is 2.55 bits per heavy atom. The van der Waals surface area contributed by atoms with Crippen LogP contribution >= 0.6 is 0 Å². The number of nitrogens with zero attached hydrogens (tertiary/aromatic N) is 2. The van der Waals surface area contributed by atoms with Crippen LogP contribution in [-0.2, 0) is 22.6 Å². The van der Waals surface area contributed by atoms with Gasteiger partial charge in [0, 0.05) is 12.0 Å². The van der Waals surface area contributed by atoms with E-state index in [-0.39, 0.29) is 24.9 Å². The maximum absolute atomic E-state index is 12.4. The Hall–Kier alpha value is -3.68. The van der Waals surface area contributed by atoms with Crippen molar-refractivity contribution in [3.8, 4) is 0 Å². The summed E-state index contributed by atoms with van der Waals surface area (Å²) in [6.45, 7) is 3.78. The third-order valence-corrected chi connectivity index (χ3v) is 4.82. The highest BCUT2D eigenvalue weighted by molar-refractivity contribution is 5.96. The number of nitrogens with one attached hydrogen (secondary N) is 3. The standard InChI is InChI=1S/C23H27N5O3/c1-3-4-12-20-25-18-10-5-6-11-19(18)28(20)15-22(30)27-26-21(29)14-24-23(31)17-9-7-8-16(2)13-17/h5-11,13H,3-4,12,14-15H2,1-2H3,(H,24,31)(H,26,29)(H,27,30). The SMILES string of the molecule is CCCCc1nc2ccccc2n1CC(=O)NNC(=O)CNC(=O)c1cccc(C)c1. The number of para-hydroxylation sites is 2. The van der Waals surface area contributed by atoms with Crippen molar-refractivity contribution in [1.29, 1.82) is 0 Å². The van der Waals surface area contributed by atoms with Crippen LogP contribution in [0.4, 0.5) is 0 Å². The third-order valence-electron chi connectivity index (χ3n) is 4.82. The van der Waals surface area contributed by atoms with E-state index in [1.54, 1.807) is 18.2 Å². The zero-order valence-corrected chi connectivity index (χ0v) is 17.8. The van der Waals surface area contributed by atoms with Crippen molar-refractivity contribution in [2.45, 2.75) is 39.7 Å². The van der Waals surface area contributed by atoms with Crippen molar-refractivity contribution in [1.82, 2.24) is 25.7 Å². The van der Waals surface area contributed by atoms with Gasteiger partial charge in [0.1, 0.15) is 12.4 Å². The van der Waals surface area contributed by atoms with Crippen LogP contribution in [0.5, 0.6) is 0 Å². The summed E-state index contributed by atoms with van der Waals surface area (Å²) in [7, 11) is 0. The predicted molar refractivity (Wildman–Crippen MR) is 118 cm³/mol. The molecule has 0 bridgehead atoms. The fourth-order valence-electron chi connectivity index (χ4n) is 3.24. The lowest BCUT2D eigenvalue weighted by Crippen LogP contribution is -2.47. The number of amides is 3. The molecule has 8 heteroatoms. The number of hydrogen-bond acceptors (Lipinski definition) is 4. The van der Waals surface area contributed by atoms with Gasteiger partial charge in [0.2, 0.25) is 0 Å². The number of aryl methyl sites for hydroxylation is 2. The quantitative estimate of drug-likeness (QED) is 0.485. The monoisotopic (exact) mass is 421 g/mol. The van der Waals surface area contributed by atoms with E-state index in [2.05, 4.69) is 28.1 Å². The Labute approximate surface area is 181 Å². The molecule has 0 unspecified atom stereocenters. The van der Waals surface area contributed by atoms with Crippen molar-refractivity contribution < 1.29 is 14.4 Å². The lowest BCUT2D eigenvalue weighted by molar-refractivity contribution is -0.128. The van der Waals surface area contributed by atoms with Gasteiger partial charge in [-0.25, -0.2) is 4.98 Å². The van der Waals surface area contributed by atoms with Gasteiger partial charge in [-0.15, -0.1) is 0 Å². The molecule has 3 amide bonds. The Kier molecular flexibility index (Phi) is 7.37. The van der Waals surface area contributed by atoms with Crippen molar-refractivity contribution in [3.05, 3.63) is 65.5 Å². The van der Waals surface area contributed by atoms with Crippen LogP contribution in [0.1, 0.15) is 41.5 Å². The molecule has 0 aliphatic heterocycles. The number of unbranched alkanes of at least 4 members (excludes halogenated alkanes) is 1. The van der Waals surface area contributed by atoms with Gasteiger partial charge in [0.05, 0.1) is 17.6 Å². The molecule has 0 fully saturated rings. The average molecular weight is 422 g/mol. The van der Waals surface area contributed by atoms with E-state index in [1.807, 2.05) is 41.8 Å². The first-order valence-electron chi connectivity index (χ1n) is 10.3. The lowest BCUT2D eigenvalue weighted by Gasteiger charge is -2.11. The summed E-state index contributed by atoms with van der Waals surface area (Å²) in [6.07, 6.45) is 2.78. The Morgan fingerprint density at radius 2 is 1.77 bits per heavy atom. The summed E-state index contributed by atoms with van der Waals surface area (Å²) in [5.74, 6) is -0.402. The van der Waals surface area contributed by atoms with Crippen LogP contribution in [0.25, 0.3) is 11.0 Å². The molecule has 0 atom stereocenters. The lowest BCUT2D eigenvalue weighted by atomic mass is 10.1. The van der Waals surface area contributed by atoms with E-state index in [4.69, 9.17) is 0 Å². The van der Waals surface area contributed by atoms with Gasteiger partial charge in [0.25, 0.3) is 17.7 Å². The summed E-state index contributed by atoms with van der Waals surface area (Å²) in [5, 5.41) is 2.53. The van der Waals surface area contributed by atoms with Gasteiger partial charge < -0.3 is 9.88 Å². The Bertz CT molecular complexity index is 1090. The number of fused-ring (bicyclic) bond motifs is 1. The highest BCUT2D eigenvalue weighted by atomic mass is 16.2. The average Bonchev–Trinajstić information content (AvgIpc) is 3.11. The first-order valence-corrected chi connectivity index (χ1v) is 10.3. The molecule has 0 saturated heterocycles. The van der Waals surface area contributed by atoms with E-state index in [9.17, 15) is 14.4 Å². The van der Waals surface area contributed by atoms with E-state index in [0.717, 1.165) is 41.7 Å². The zero-order valence-electron chi connectivity index (χ0n) is 17.8. The normalized spacial score (nSPS) is 10.6. The van der Waals surface area contributed by atoms with E-state index >= 15 is 0 Å². The van der Waals surface area contributed by atoms with Gasteiger partial charge in [-0.3, -0.25) is 25.2 Å². The topological polar surface area (TPSA) is 105 Å². The summed E-state index contributed by atoms with van der Waals surface area (Å²) in [6, 6.07) is 14.7. The molecule has 0 spiro atoms. The number of carbonyl (C=O) groups excluding carboxylic acids is 3. The molecule has 0 aliphatic carbocycles. The van der Waals surface area contributed by atoms with Crippen molar-refractivity contribution in [2.75, 3.05) is 6.54 Å². The second kappa shape index (κ2) is 10.4. The minimum Gasteiger partial charge on any atom is -0.343 e. The second-order valence-corrected chi connectivity index (χ2v) is 7.35. The van der Waals surface area contributed by atoms with Crippen molar-refractivity contribution in [2.24, 2.45) is 0 Å². The van der Waals surface area contributed by atoms with E-state index in [0.29, 0.717) is 5.56 Å². The minimum atomic E-state index is -0.518. The zero-order chi connectivity index (χ0) is 22.2. The molecule has 0 saturated carbocycles. The molecule has 31 heavy (non-hydrogen) atoms. The van der Waals surface area contributed by atoms with Gasteiger partial charge in [-0.2, -0.15) is 0 Å². The molecule has 8 nitrogen and oxygen atoms in total. The molecule has 0 aliphatic rings. The summed E-state index contributed by atoms with van der Waals surface area (Å²) in [4.78, 5) is 41.2. The molecular formula is C23H27N5O3. The maximum atomic E-state index is 12.4. The maximum Gasteiger partial charge on any atom is 0.258 e. The second-order valence-electron chi connectivity index (χ2n) is 7.35. The Morgan fingerprint density at radius 1 is 1.00 bits per heavy atom. The van der Waals surface area contributed by atoms with Crippen LogP contribution < -0.4 is 16.2 Å². The number of carbonyl (C=O) groups is 3. The number of hydrazine groups is 1. The molecule has 3 N–H and O–H groups in total. The van der Waals surface area contributed by atoms with E-state index < -0.39 is 5.91 Å². The number of benzene rings is 2. The van der Waals surface area contributed by atoms with Gasteiger partial charge in [0.15, 0.2) is 0 Å². The molecule has 1 heterocycles. The predicted octanol–water partition coefficient (Wildman–Crippen LogP) is 2.26. The highest BCUT2D eigenvalue weighted by Gasteiger charge is 2.14. The van der Waals surface area contributed by atoms with Crippen molar-refractivity contribution >= 4 is 28.8 Å². The van der Waals surface area contributed by atoms with Crippen LogP contribution in [-0.4, -0.2) is 33.8 Å². The summed E-state index contributed by atoms with van der Waals surface area (Å²) < 4.78 is 1.87. The van der Waals surface area contributed by atoms with E-state index in [1.165, 1.54) is 0 Å². The fourth-order valence-corrected chi connectivity index (χ4v) is 3.24. The van der Waals surface area contributed by atoms with Crippen LogP contribution in [0.2, 0.25) is 0 Å². The van der Waals surface area contributed by atoms with Crippen LogP contribution in [0.3, 0.4) is 0 Å². The molecular weight excluding hydrogens is 394 g/mol. The first kappa shape index (κ1) is 22.0. The summed E-state index contributed by atoms with van der Waals surface area (Å²) >= 11 is 0. The molecule has 162 valence electrons. The smallest absolute Gasteiger partial charge is 0.258 e. The number of imidazole rings is 1. The molecule has 1 aromatic heterocycles. The Balaban J connectivity index is 1.53. The highest BCUT2D eigenvalue weighted by Crippen LogP contribution is 2.17. The van der Waals surface area contributed by atoms with Crippen LogP contribution in [0, 0.1) is 6.92 Å². The third kappa shape index (κ3) is 5.91. The molecule has 3 aromatic rings. The summed E-state index contributed by atoms with van der Waals surface area (Å²) in [5.41, 5.74) is 7.88. The van der Waals surface area contributed by atoms with Crippen LogP contribution in [0.15, 0.2) is 48.5 Å². The molecule has 2 aromatic carbocycles. The van der Waals surface area contributed by atoms with Crippen molar-refractivity contribution in [3.63, 3.8) is 0 Å². The molecule has 0 radical (unpaired) electrons. The minimum absolute atomic E-state index is 0.0372. The number of hydrogen-bond donors (Lipinski definition) is 3. The largest absolute Gasteiger partial charge is 0.343 e. The van der Waals surface area contributed by atoms with Gasteiger partial charge in [-0.05, 0) is 37.6 Å². The first-order chi connectivity index (χ1) is 15.0. The fraction of sp³-hybridized carbons (Fsp3) is 0.304. The van der Waals surface area contributed by atoms with Gasteiger partial charge in [-0.1, -0.05) is 43.2 Å².